The van der Waals surface area contributed by atoms with Gasteiger partial charge in [-0.25, -0.2) is 4.99 Å². The number of aliphatic imine (C=N–C) groups is 1. The Balaban J connectivity index is 1.74. The van der Waals surface area contributed by atoms with E-state index in [0.29, 0.717) is 6.61 Å². The van der Waals surface area contributed by atoms with Gasteiger partial charge in [-0.3, -0.25) is 4.98 Å². The molecule has 128 valence electrons. The number of aromatic nitrogens is 1. The van der Waals surface area contributed by atoms with E-state index in [9.17, 15) is 0 Å². The van der Waals surface area contributed by atoms with Crippen molar-refractivity contribution in [2.75, 3.05) is 6.61 Å². The second-order valence-electron chi connectivity index (χ2n) is 6.59. The molecule has 0 fully saturated rings. The molecule has 2 N–H and O–H groups in total. The fraction of sp³-hybridized carbons (Fsp3) is 0.143. The normalized spacial score (nSPS) is 20.0. The van der Waals surface area contributed by atoms with E-state index >= 15 is 0 Å². The summed E-state index contributed by atoms with van der Waals surface area (Å²) in [6.45, 7) is 2.35. The first kappa shape index (κ1) is 15.0. The second-order valence-corrected chi connectivity index (χ2v) is 6.59. The quantitative estimate of drug-likeness (QED) is 0.730. The number of fused-ring (bicyclic) bond motifs is 4. The molecule has 5 rings (SSSR count). The lowest BCUT2D eigenvalue weighted by Crippen LogP contribution is -2.31. The average Bonchev–Trinajstić information content (AvgIpc) is 3.04. The summed E-state index contributed by atoms with van der Waals surface area (Å²) < 4.78 is 11.7. The topological polar surface area (TPSA) is 69.7 Å². The molecule has 5 nitrogen and oxygen atoms in total. The van der Waals surface area contributed by atoms with Gasteiger partial charge in [0.15, 0.2) is 5.54 Å². The number of para-hydroxylation sites is 1. The third kappa shape index (κ3) is 2.10. The summed E-state index contributed by atoms with van der Waals surface area (Å²) in [5, 5.41) is 0. The van der Waals surface area contributed by atoms with Crippen LogP contribution in [-0.4, -0.2) is 17.6 Å². The lowest BCUT2D eigenvalue weighted by molar-refractivity contribution is 0.264. The second kappa shape index (κ2) is 5.33. The molecule has 2 aliphatic rings. The molecular formula is C21H17N3O2. The van der Waals surface area contributed by atoms with Crippen LogP contribution in [0.3, 0.4) is 0 Å². The number of ether oxygens (including phenoxy) is 2. The van der Waals surface area contributed by atoms with E-state index in [0.717, 1.165) is 39.4 Å². The van der Waals surface area contributed by atoms with Crippen molar-refractivity contribution in [2.45, 2.75) is 12.5 Å². The summed E-state index contributed by atoms with van der Waals surface area (Å²) in [6, 6.07) is 18.3. The molecule has 0 radical (unpaired) electrons. The molecule has 2 aromatic carbocycles. The molecule has 3 aromatic rings. The van der Waals surface area contributed by atoms with Crippen LogP contribution in [0.1, 0.15) is 16.8 Å². The van der Waals surface area contributed by atoms with Gasteiger partial charge < -0.3 is 15.2 Å². The molecule has 0 aliphatic carbocycles. The number of amidine groups is 1. The highest BCUT2D eigenvalue weighted by molar-refractivity contribution is 5.77. The molecule has 0 amide bonds. The Morgan fingerprint density at radius 2 is 1.77 bits per heavy atom. The smallest absolute Gasteiger partial charge is 0.283 e. The van der Waals surface area contributed by atoms with E-state index in [-0.39, 0.29) is 6.02 Å². The number of nitrogens with zero attached hydrogens (tertiary/aromatic N) is 2. The maximum absolute atomic E-state index is 6.14. The number of aryl methyl sites for hydroxylation is 1. The highest BCUT2D eigenvalue weighted by atomic mass is 16.5. The number of rotatable bonds is 1. The van der Waals surface area contributed by atoms with Gasteiger partial charge in [-0.15, -0.1) is 0 Å². The van der Waals surface area contributed by atoms with E-state index in [1.807, 2.05) is 49.5 Å². The minimum absolute atomic E-state index is 0.206. The standard InChI is InChI=1S/C21H17N3O2/c1-13-10-15(8-9-23-13)14-6-7-19-17(11-14)21(12-25-20(22)24-21)16-4-2-3-5-18(16)26-19/h2-11H,12H2,1H3,(H2,22,24). The van der Waals surface area contributed by atoms with Crippen LogP contribution < -0.4 is 10.5 Å². The largest absolute Gasteiger partial charge is 0.462 e. The molecule has 0 saturated carbocycles. The predicted octanol–water partition coefficient (Wildman–Crippen LogP) is 3.75. The first-order valence-corrected chi connectivity index (χ1v) is 8.49. The molecular weight excluding hydrogens is 326 g/mol. The Morgan fingerprint density at radius 1 is 0.962 bits per heavy atom. The van der Waals surface area contributed by atoms with Crippen LogP contribution in [0.5, 0.6) is 11.5 Å². The molecule has 3 heterocycles. The lowest BCUT2D eigenvalue weighted by atomic mass is 9.80. The van der Waals surface area contributed by atoms with Gasteiger partial charge in [-0.2, -0.15) is 0 Å². The summed E-state index contributed by atoms with van der Waals surface area (Å²) in [4.78, 5) is 8.97. The zero-order valence-corrected chi connectivity index (χ0v) is 14.3. The molecule has 26 heavy (non-hydrogen) atoms. The Hall–Kier alpha value is -3.34. The highest BCUT2D eigenvalue weighted by Gasteiger charge is 2.46. The van der Waals surface area contributed by atoms with Gasteiger partial charge in [0.2, 0.25) is 0 Å². The van der Waals surface area contributed by atoms with Crippen molar-refractivity contribution >= 4 is 6.02 Å². The molecule has 2 aliphatic heterocycles. The number of nitrogens with two attached hydrogens (primary N) is 1. The maximum Gasteiger partial charge on any atom is 0.283 e. The monoisotopic (exact) mass is 343 g/mol. The van der Waals surface area contributed by atoms with Gasteiger partial charge in [0.25, 0.3) is 6.02 Å². The van der Waals surface area contributed by atoms with Gasteiger partial charge >= 0.3 is 0 Å². The Morgan fingerprint density at radius 3 is 2.58 bits per heavy atom. The van der Waals surface area contributed by atoms with Crippen LogP contribution >= 0.6 is 0 Å². The fourth-order valence-electron chi connectivity index (χ4n) is 3.71. The molecule has 1 aromatic heterocycles. The number of pyridine rings is 1. The van der Waals surface area contributed by atoms with Crippen LogP contribution in [0.4, 0.5) is 0 Å². The van der Waals surface area contributed by atoms with E-state index < -0.39 is 5.54 Å². The van der Waals surface area contributed by atoms with E-state index in [1.165, 1.54) is 0 Å². The Bertz CT molecular complexity index is 1060. The van der Waals surface area contributed by atoms with Crippen LogP contribution in [0, 0.1) is 6.92 Å². The van der Waals surface area contributed by atoms with Crippen LogP contribution in [0.25, 0.3) is 11.1 Å². The van der Waals surface area contributed by atoms with Gasteiger partial charge in [-0.1, -0.05) is 24.3 Å². The van der Waals surface area contributed by atoms with E-state index in [4.69, 9.17) is 20.2 Å². The SMILES string of the molecule is Cc1cc(-c2ccc3c(c2)C2(COC(N)=N2)c2ccccc2O3)ccn1. The van der Waals surface area contributed by atoms with Crippen LogP contribution in [-0.2, 0) is 10.3 Å². The summed E-state index contributed by atoms with van der Waals surface area (Å²) in [7, 11) is 0. The molecule has 1 atom stereocenters. The summed E-state index contributed by atoms with van der Waals surface area (Å²) in [5.41, 5.74) is 10.3. The first-order valence-electron chi connectivity index (χ1n) is 8.49. The third-order valence-electron chi connectivity index (χ3n) is 4.94. The van der Waals surface area contributed by atoms with Gasteiger partial charge in [0, 0.05) is 23.0 Å². The molecule has 1 unspecified atom stereocenters. The van der Waals surface area contributed by atoms with E-state index in [1.54, 1.807) is 0 Å². The van der Waals surface area contributed by atoms with Crippen molar-refractivity contribution in [1.29, 1.82) is 0 Å². The molecule has 1 spiro atoms. The first-order chi connectivity index (χ1) is 12.7. The minimum atomic E-state index is -0.674. The molecule has 0 saturated heterocycles. The van der Waals surface area contributed by atoms with Crippen LogP contribution in [0.15, 0.2) is 65.8 Å². The zero-order chi connectivity index (χ0) is 17.7. The lowest BCUT2D eigenvalue weighted by Gasteiger charge is -2.33. The zero-order valence-electron chi connectivity index (χ0n) is 14.3. The number of benzene rings is 2. The number of hydrogen-bond donors (Lipinski definition) is 1. The van der Waals surface area contributed by atoms with Gasteiger partial charge in [0.05, 0.1) is 0 Å². The van der Waals surface area contributed by atoms with Crippen molar-refractivity contribution in [2.24, 2.45) is 10.7 Å². The van der Waals surface area contributed by atoms with Crippen molar-refractivity contribution in [3.05, 3.63) is 77.6 Å². The predicted molar refractivity (Wildman–Crippen MR) is 99.3 cm³/mol. The summed E-state index contributed by atoms with van der Waals surface area (Å²) in [5.74, 6) is 1.56. The minimum Gasteiger partial charge on any atom is -0.462 e. The molecule has 5 heteroatoms. The van der Waals surface area contributed by atoms with Crippen molar-refractivity contribution in [3.8, 4) is 22.6 Å². The van der Waals surface area contributed by atoms with Gasteiger partial charge in [-0.05, 0) is 48.4 Å². The van der Waals surface area contributed by atoms with Gasteiger partial charge in [0.1, 0.15) is 18.1 Å². The van der Waals surface area contributed by atoms with Crippen molar-refractivity contribution in [1.82, 2.24) is 4.98 Å². The maximum atomic E-state index is 6.14. The average molecular weight is 343 g/mol. The van der Waals surface area contributed by atoms with Crippen molar-refractivity contribution in [3.63, 3.8) is 0 Å². The summed E-state index contributed by atoms with van der Waals surface area (Å²) in [6.07, 6.45) is 1.82. The summed E-state index contributed by atoms with van der Waals surface area (Å²) >= 11 is 0. The number of hydrogen-bond acceptors (Lipinski definition) is 5. The van der Waals surface area contributed by atoms with Crippen molar-refractivity contribution < 1.29 is 9.47 Å². The Labute approximate surface area is 151 Å². The fourth-order valence-corrected chi connectivity index (χ4v) is 3.71. The molecule has 0 bridgehead atoms. The Kier molecular flexibility index (Phi) is 3.06. The third-order valence-corrected chi connectivity index (χ3v) is 4.94. The highest BCUT2D eigenvalue weighted by Crippen LogP contribution is 2.51. The van der Waals surface area contributed by atoms with Crippen LogP contribution in [0.2, 0.25) is 0 Å². The van der Waals surface area contributed by atoms with E-state index in [2.05, 4.69) is 23.2 Å².